The molecule has 2 N–H and O–H groups in total. The number of hydrogen-bond donors (Lipinski definition) is 1. The first-order chi connectivity index (χ1) is 9.69. The smallest absolute Gasteiger partial charge is 0.0599 e. The van der Waals surface area contributed by atoms with Gasteiger partial charge in [-0.05, 0) is 39.7 Å². The SMILES string of the molecule is CC(C)n1cc(CN2CCC(OCCCN)CC2)cn1. The fourth-order valence-electron chi connectivity index (χ4n) is 2.57. The predicted octanol–water partition coefficient (Wildman–Crippen LogP) is 1.79. The van der Waals surface area contributed by atoms with Gasteiger partial charge in [-0.2, -0.15) is 5.10 Å². The Bertz CT molecular complexity index is 383. The van der Waals surface area contributed by atoms with Crippen molar-refractivity contribution < 1.29 is 4.74 Å². The molecule has 0 aromatic carbocycles. The number of rotatable bonds is 7. The van der Waals surface area contributed by atoms with Gasteiger partial charge in [0.2, 0.25) is 0 Å². The van der Waals surface area contributed by atoms with Crippen LogP contribution in [0.25, 0.3) is 0 Å². The van der Waals surface area contributed by atoms with Gasteiger partial charge in [-0.25, -0.2) is 0 Å². The summed E-state index contributed by atoms with van der Waals surface area (Å²) in [4.78, 5) is 2.49. The van der Waals surface area contributed by atoms with Crippen LogP contribution in [0.3, 0.4) is 0 Å². The van der Waals surface area contributed by atoms with Crippen molar-refractivity contribution in [1.29, 1.82) is 0 Å². The summed E-state index contributed by atoms with van der Waals surface area (Å²) < 4.78 is 7.86. The molecule has 0 aliphatic carbocycles. The first-order valence-electron chi connectivity index (χ1n) is 7.76. The Morgan fingerprint density at radius 2 is 2.15 bits per heavy atom. The maximum absolute atomic E-state index is 5.83. The van der Waals surface area contributed by atoms with E-state index in [0.29, 0.717) is 12.1 Å². The highest BCUT2D eigenvalue weighted by Gasteiger charge is 2.19. The lowest BCUT2D eigenvalue weighted by atomic mass is 10.1. The van der Waals surface area contributed by atoms with E-state index in [4.69, 9.17) is 10.5 Å². The van der Waals surface area contributed by atoms with Gasteiger partial charge in [0.15, 0.2) is 0 Å². The molecule has 20 heavy (non-hydrogen) atoms. The molecular weight excluding hydrogens is 252 g/mol. The van der Waals surface area contributed by atoms with Crippen molar-refractivity contribution in [2.24, 2.45) is 5.73 Å². The quantitative estimate of drug-likeness (QED) is 0.774. The van der Waals surface area contributed by atoms with Crippen molar-refractivity contribution in [3.8, 4) is 0 Å². The minimum absolute atomic E-state index is 0.427. The highest BCUT2D eigenvalue weighted by Crippen LogP contribution is 2.16. The number of likely N-dealkylation sites (tertiary alicyclic amines) is 1. The lowest BCUT2D eigenvalue weighted by Crippen LogP contribution is -2.36. The summed E-state index contributed by atoms with van der Waals surface area (Å²) in [5, 5.41) is 4.40. The molecule has 5 nitrogen and oxygen atoms in total. The summed E-state index contributed by atoms with van der Waals surface area (Å²) in [5.74, 6) is 0. The van der Waals surface area contributed by atoms with Gasteiger partial charge in [-0.15, -0.1) is 0 Å². The monoisotopic (exact) mass is 280 g/mol. The summed E-state index contributed by atoms with van der Waals surface area (Å²) in [6.45, 7) is 9.06. The minimum Gasteiger partial charge on any atom is -0.378 e. The lowest BCUT2D eigenvalue weighted by molar-refractivity contribution is 0.00563. The molecule has 0 bridgehead atoms. The van der Waals surface area contributed by atoms with Crippen LogP contribution in [0.1, 0.15) is 44.7 Å². The van der Waals surface area contributed by atoms with Crippen molar-refractivity contribution in [2.75, 3.05) is 26.2 Å². The molecule has 0 atom stereocenters. The molecule has 5 heteroatoms. The average molecular weight is 280 g/mol. The zero-order valence-corrected chi connectivity index (χ0v) is 12.8. The Hall–Kier alpha value is -0.910. The van der Waals surface area contributed by atoms with Crippen molar-refractivity contribution in [1.82, 2.24) is 14.7 Å². The Morgan fingerprint density at radius 1 is 1.40 bits per heavy atom. The van der Waals surface area contributed by atoms with E-state index in [2.05, 4.69) is 30.0 Å². The highest BCUT2D eigenvalue weighted by atomic mass is 16.5. The molecule has 0 saturated carbocycles. The van der Waals surface area contributed by atoms with E-state index < -0.39 is 0 Å². The standard InChI is InChI=1S/C15H28N4O/c1-13(2)19-12-14(10-17-19)11-18-7-4-15(5-8-18)20-9-3-6-16/h10,12-13,15H,3-9,11,16H2,1-2H3. The van der Waals surface area contributed by atoms with Gasteiger partial charge >= 0.3 is 0 Å². The van der Waals surface area contributed by atoms with Gasteiger partial charge < -0.3 is 10.5 Å². The number of piperidine rings is 1. The number of nitrogens with zero attached hydrogens (tertiary/aromatic N) is 3. The molecule has 114 valence electrons. The molecule has 1 aromatic heterocycles. The maximum Gasteiger partial charge on any atom is 0.0599 e. The second-order valence-electron chi connectivity index (χ2n) is 5.91. The number of aromatic nitrogens is 2. The average Bonchev–Trinajstić information content (AvgIpc) is 2.90. The molecule has 0 spiro atoms. The van der Waals surface area contributed by atoms with Gasteiger partial charge in [0.05, 0.1) is 12.3 Å². The normalized spacial score (nSPS) is 18.0. The Morgan fingerprint density at radius 3 is 2.75 bits per heavy atom. The third kappa shape index (κ3) is 4.58. The van der Waals surface area contributed by atoms with Crippen LogP contribution in [0, 0.1) is 0 Å². The summed E-state index contributed by atoms with van der Waals surface area (Å²) in [6.07, 6.45) is 7.80. The van der Waals surface area contributed by atoms with Gasteiger partial charge in [0.1, 0.15) is 0 Å². The highest BCUT2D eigenvalue weighted by molar-refractivity contribution is 5.04. The van der Waals surface area contributed by atoms with Crippen LogP contribution in [-0.2, 0) is 11.3 Å². The van der Waals surface area contributed by atoms with Crippen LogP contribution in [0.2, 0.25) is 0 Å². The second-order valence-corrected chi connectivity index (χ2v) is 5.91. The van der Waals surface area contributed by atoms with Crippen molar-refractivity contribution in [3.05, 3.63) is 18.0 Å². The largest absolute Gasteiger partial charge is 0.378 e. The Balaban J connectivity index is 1.71. The van der Waals surface area contributed by atoms with Crippen molar-refractivity contribution >= 4 is 0 Å². The Kier molecular flexibility index (Phi) is 6.01. The van der Waals surface area contributed by atoms with Gasteiger partial charge in [0, 0.05) is 44.0 Å². The van der Waals surface area contributed by atoms with E-state index in [1.807, 2.05) is 10.9 Å². The number of hydrogen-bond acceptors (Lipinski definition) is 4. The maximum atomic E-state index is 5.83. The van der Waals surface area contributed by atoms with Crippen molar-refractivity contribution in [2.45, 2.75) is 51.8 Å². The molecule has 1 fully saturated rings. The molecule has 1 aliphatic heterocycles. The van der Waals surface area contributed by atoms with E-state index in [9.17, 15) is 0 Å². The molecular formula is C15H28N4O. The van der Waals surface area contributed by atoms with Gasteiger partial charge in [0.25, 0.3) is 0 Å². The zero-order chi connectivity index (χ0) is 14.4. The number of nitrogens with two attached hydrogens (primary N) is 1. The molecule has 0 radical (unpaired) electrons. The molecule has 1 saturated heterocycles. The van der Waals surface area contributed by atoms with Crippen LogP contribution >= 0.6 is 0 Å². The second kappa shape index (κ2) is 7.76. The third-order valence-electron chi connectivity index (χ3n) is 3.83. The minimum atomic E-state index is 0.427. The topological polar surface area (TPSA) is 56.3 Å². The van der Waals surface area contributed by atoms with Crippen LogP contribution < -0.4 is 5.73 Å². The van der Waals surface area contributed by atoms with Crippen LogP contribution in [0.15, 0.2) is 12.4 Å². The summed E-state index contributed by atoms with van der Waals surface area (Å²) in [5.41, 5.74) is 6.79. The molecule has 1 aliphatic rings. The zero-order valence-electron chi connectivity index (χ0n) is 12.8. The fourth-order valence-corrected chi connectivity index (χ4v) is 2.57. The van der Waals surface area contributed by atoms with Crippen LogP contribution in [0.5, 0.6) is 0 Å². The third-order valence-corrected chi connectivity index (χ3v) is 3.83. The summed E-state index contributed by atoms with van der Waals surface area (Å²) in [6, 6.07) is 0.436. The molecule has 0 amide bonds. The fraction of sp³-hybridized carbons (Fsp3) is 0.800. The predicted molar refractivity (Wildman–Crippen MR) is 80.5 cm³/mol. The molecule has 2 heterocycles. The van der Waals surface area contributed by atoms with E-state index in [-0.39, 0.29) is 0 Å². The first-order valence-corrected chi connectivity index (χ1v) is 7.76. The molecule has 2 rings (SSSR count). The lowest BCUT2D eigenvalue weighted by Gasteiger charge is -2.31. The van der Waals surface area contributed by atoms with Crippen LogP contribution in [0.4, 0.5) is 0 Å². The van der Waals surface area contributed by atoms with Crippen LogP contribution in [-0.4, -0.2) is 47.0 Å². The van der Waals surface area contributed by atoms with E-state index >= 15 is 0 Å². The molecule has 0 unspecified atom stereocenters. The van der Waals surface area contributed by atoms with E-state index in [1.165, 1.54) is 5.56 Å². The van der Waals surface area contributed by atoms with E-state index in [1.54, 1.807) is 0 Å². The summed E-state index contributed by atoms with van der Waals surface area (Å²) in [7, 11) is 0. The van der Waals surface area contributed by atoms with Gasteiger partial charge in [-0.3, -0.25) is 9.58 Å². The Labute approximate surface area is 122 Å². The first kappa shape index (κ1) is 15.5. The van der Waals surface area contributed by atoms with Gasteiger partial charge in [-0.1, -0.05) is 0 Å². The summed E-state index contributed by atoms with van der Waals surface area (Å²) >= 11 is 0. The molecule has 1 aromatic rings. The van der Waals surface area contributed by atoms with E-state index in [0.717, 1.165) is 52.0 Å². The number of ether oxygens (including phenoxy) is 1. The van der Waals surface area contributed by atoms with Crippen molar-refractivity contribution in [3.63, 3.8) is 0 Å².